The Labute approximate surface area is 109 Å². The number of rotatable bonds is 3. The van der Waals surface area contributed by atoms with Crippen molar-refractivity contribution in [2.24, 2.45) is 5.73 Å². The summed E-state index contributed by atoms with van der Waals surface area (Å²) in [4.78, 5) is 2.58. The van der Waals surface area contributed by atoms with Crippen LogP contribution in [0.2, 0.25) is 0 Å². The topological polar surface area (TPSA) is 29.3 Å². The predicted octanol–water partition coefficient (Wildman–Crippen LogP) is 2.47. The molecule has 1 aromatic carbocycles. The Morgan fingerprint density at radius 3 is 2.53 bits per heavy atom. The van der Waals surface area contributed by atoms with Gasteiger partial charge in [-0.05, 0) is 18.1 Å². The summed E-state index contributed by atoms with van der Waals surface area (Å²) in [5, 5.41) is 0.743. The van der Waals surface area contributed by atoms with Crippen LogP contribution in [0.5, 0.6) is 0 Å². The molecule has 0 aromatic heterocycles. The zero-order chi connectivity index (χ0) is 12.3. The number of nitrogens with two attached hydrogens (primary N) is 1. The second-order valence-corrected chi connectivity index (χ2v) is 6.29. The van der Waals surface area contributed by atoms with E-state index < -0.39 is 0 Å². The Hall–Kier alpha value is -0.510. The smallest absolute Gasteiger partial charge is 0.0237 e. The van der Waals surface area contributed by atoms with E-state index in [0.29, 0.717) is 12.6 Å². The lowest BCUT2D eigenvalue weighted by atomic mass is 10.1. The normalized spacial score (nSPS) is 26.1. The highest BCUT2D eigenvalue weighted by Crippen LogP contribution is 2.25. The molecule has 1 fully saturated rings. The molecule has 1 saturated heterocycles. The average molecular weight is 250 g/mol. The minimum Gasteiger partial charge on any atom is -0.326 e. The predicted molar refractivity (Wildman–Crippen MR) is 76.1 cm³/mol. The molecule has 1 aliphatic rings. The number of nitrogens with zero attached hydrogens (tertiary/aromatic N) is 1. The summed E-state index contributed by atoms with van der Waals surface area (Å²) < 4.78 is 0. The van der Waals surface area contributed by atoms with Gasteiger partial charge < -0.3 is 5.73 Å². The van der Waals surface area contributed by atoms with Crippen LogP contribution in [0.1, 0.15) is 25.0 Å². The van der Waals surface area contributed by atoms with Gasteiger partial charge in [-0.25, -0.2) is 0 Å². The third-order valence-corrected chi connectivity index (χ3v) is 5.00. The molecule has 94 valence electrons. The molecule has 3 heteroatoms. The SMILES string of the molecule is CC1SCCN(Cc2ccc(CN)cc2)C1C. The fourth-order valence-electron chi connectivity index (χ4n) is 2.23. The zero-order valence-corrected chi connectivity index (χ0v) is 11.5. The molecular weight excluding hydrogens is 228 g/mol. The van der Waals surface area contributed by atoms with Gasteiger partial charge in [0.25, 0.3) is 0 Å². The van der Waals surface area contributed by atoms with E-state index in [9.17, 15) is 0 Å². The first-order chi connectivity index (χ1) is 8.20. The molecule has 0 spiro atoms. The molecule has 2 atom stereocenters. The Kier molecular flexibility index (Phi) is 4.48. The summed E-state index contributed by atoms with van der Waals surface area (Å²) in [5.74, 6) is 1.26. The van der Waals surface area contributed by atoms with Crippen molar-refractivity contribution in [2.45, 2.75) is 38.2 Å². The first-order valence-corrected chi connectivity index (χ1v) is 7.39. The number of thioether (sulfide) groups is 1. The first kappa shape index (κ1) is 12.9. The van der Waals surface area contributed by atoms with Crippen LogP contribution in [-0.4, -0.2) is 28.5 Å². The van der Waals surface area contributed by atoms with E-state index in [2.05, 4.69) is 54.8 Å². The van der Waals surface area contributed by atoms with Crippen LogP contribution in [0.3, 0.4) is 0 Å². The molecule has 0 radical (unpaired) electrons. The Balaban J connectivity index is 1.99. The van der Waals surface area contributed by atoms with Crippen molar-refractivity contribution in [3.63, 3.8) is 0 Å². The molecule has 1 aromatic rings. The van der Waals surface area contributed by atoms with Gasteiger partial charge in [-0.15, -0.1) is 0 Å². The summed E-state index contributed by atoms with van der Waals surface area (Å²) in [6.45, 7) is 7.57. The maximum absolute atomic E-state index is 5.61. The van der Waals surface area contributed by atoms with Gasteiger partial charge in [-0.3, -0.25) is 4.90 Å². The number of benzene rings is 1. The van der Waals surface area contributed by atoms with Crippen molar-refractivity contribution in [3.05, 3.63) is 35.4 Å². The standard InChI is InChI=1S/C14H22N2S/c1-11-12(2)17-8-7-16(11)10-14-5-3-13(9-15)4-6-14/h3-6,11-12H,7-10,15H2,1-2H3. The average Bonchev–Trinajstić information content (AvgIpc) is 2.36. The zero-order valence-electron chi connectivity index (χ0n) is 10.7. The van der Waals surface area contributed by atoms with Crippen LogP contribution >= 0.6 is 11.8 Å². The first-order valence-electron chi connectivity index (χ1n) is 6.34. The lowest BCUT2D eigenvalue weighted by Crippen LogP contribution is -2.43. The Morgan fingerprint density at radius 2 is 1.88 bits per heavy atom. The lowest BCUT2D eigenvalue weighted by Gasteiger charge is -2.37. The van der Waals surface area contributed by atoms with E-state index in [4.69, 9.17) is 5.73 Å². The third kappa shape index (κ3) is 3.24. The highest BCUT2D eigenvalue weighted by Gasteiger charge is 2.24. The summed E-state index contributed by atoms with van der Waals surface area (Å²) in [5.41, 5.74) is 8.22. The minimum atomic E-state index is 0.633. The van der Waals surface area contributed by atoms with Gasteiger partial charge in [-0.1, -0.05) is 31.2 Å². The van der Waals surface area contributed by atoms with Gasteiger partial charge in [0, 0.05) is 36.7 Å². The lowest BCUT2D eigenvalue weighted by molar-refractivity contribution is 0.204. The number of hydrogen-bond donors (Lipinski definition) is 1. The van der Waals surface area contributed by atoms with E-state index in [0.717, 1.165) is 11.8 Å². The quantitative estimate of drug-likeness (QED) is 0.893. The van der Waals surface area contributed by atoms with Crippen molar-refractivity contribution in [1.82, 2.24) is 4.90 Å². The monoisotopic (exact) mass is 250 g/mol. The van der Waals surface area contributed by atoms with Crippen LogP contribution in [0, 0.1) is 0 Å². The molecule has 2 rings (SSSR count). The van der Waals surface area contributed by atoms with Crippen molar-refractivity contribution < 1.29 is 0 Å². The molecule has 1 heterocycles. The molecule has 0 aliphatic carbocycles. The third-order valence-electron chi connectivity index (χ3n) is 3.66. The van der Waals surface area contributed by atoms with E-state index in [-0.39, 0.29) is 0 Å². The molecule has 17 heavy (non-hydrogen) atoms. The summed E-state index contributed by atoms with van der Waals surface area (Å²) in [6, 6.07) is 9.37. The van der Waals surface area contributed by atoms with Crippen molar-refractivity contribution in [1.29, 1.82) is 0 Å². The molecule has 2 unspecified atom stereocenters. The Bertz CT molecular complexity index is 350. The van der Waals surface area contributed by atoms with Crippen molar-refractivity contribution in [2.75, 3.05) is 12.3 Å². The van der Waals surface area contributed by atoms with Crippen molar-refractivity contribution >= 4 is 11.8 Å². The van der Waals surface area contributed by atoms with Gasteiger partial charge in [0.1, 0.15) is 0 Å². The highest BCUT2D eigenvalue weighted by molar-refractivity contribution is 8.00. The van der Waals surface area contributed by atoms with Crippen LogP contribution in [-0.2, 0) is 13.1 Å². The van der Waals surface area contributed by atoms with Crippen LogP contribution in [0.25, 0.3) is 0 Å². The van der Waals surface area contributed by atoms with Gasteiger partial charge in [-0.2, -0.15) is 11.8 Å². The van der Waals surface area contributed by atoms with Crippen molar-refractivity contribution in [3.8, 4) is 0 Å². The molecule has 2 N–H and O–H groups in total. The minimum absolute atomic E-state index is 0.633. The summed E-state index contributed by atoms with van der Waals surface area (Å²) >= 11 is 2.09. The molecule has 0 amide bonds. The van der Waals surface area contributed by atoms with Gasteiger partial charge in [0.05, 0.1) is 0 Å². The Morgan fingerprint density at radius 1 is 1.24 bits per heavy atom. The second-order valence-electron chi connectivity index (χ2n) is 4.81. The molecule has 1 aliphatic heterocycles. The van der Waals surface area contributed by atoms with Crippen LogP contribution < -0.4 is 5.73 Å². The fourth-order valence-corrected chi connectivity index (χ4v) is 3.40. The van der Waals surface area contributed by atoms with E-state index >= 15 is 0 Å². The maximum atomic E-state index is 5.61. The van der Waals surface area contributed by atoms with E-state index in [1.165, 1.54) is 23.4 Å². The largest absolute Gasteiger partial charge is 0.326 e. The van der Waals surface area contributed by atoms with Crippen LogP contribution in [0.4, 0.5) is 0 Å². The van der Waals surface area contributed by atoms with Gasteiger partial charge >= 0.3 is 0 Å². The van der Waals surface area contributed by atoms with Crippen LogP contribution in [0.15, 0.2) is 24.3 Å². The molecule has 0 bridgehead atoms. The van der Waals surface area contributed by atoms with E-state index in [1.54, 1.807) is 0 Å². The van der Waals surface area contributed by atoms with E-state index in [1.807, 2.05) is 0 Å². The molecule has 2 nitrogen and oxygen atoms in total. The maximum Gasteiger partial charge on any atom is 0.0237 e. The molecule has 0 saturated carbocycles. The number of hydrogen-bond acceptors (Lipinski definition) is 3. The summed E-state index contributed by atoms with van der Waals surface area (Å²) in [6.07, 6.45) is 0. The van der Waals surface area contributed by atoms with Gasteiger partial charge in [0.2, 0.25) is 0 Å². The second kappa shape index (κ2) is 5.89. The highest BCUT2D eigenvalue weighted by atomic mass is 32.2. The summed E-state index contributed by atoms with van der Waals surface area (Å²) in [7, 11) is 0. The molecular formula is C14H22N2S. The fraction of sp³-hybridized carbons (Fsp3) is 0.571. The van der Waals surface area contributed by atoms with Gasteiger partial charge in [0.15, 0.2) is 0 Å².